The van der Waals surface area contributed by atoms with Crippen LogP contribution < -0.4 is 9.46 Å². The molecule has 2 N–H and O–H groups in total. The molecule has 0 aliphatic heterocycles. The molecule has 3 rings (SSSR count). The van der Waals surface area contributed by atoms with Gasteiger partial charge in [-0.05, 0) is 48.4 Å². The second kappa shape index (κ2) is 11.5. The molecule has 0 radical (unpaired) electrons. The van der Waals surface area contributed by atoms with Crippen molar-refractivity contribution in [1.29, 1.82) is 0 Å². The Hall–Kier alpha value is -3.62. The van der Waals surface area contributed by atoms with E-state index in [0.717, 1.165) is 11.1 Å². The lowest BCUT2D eigenvalue weighted by atomic mass is 10.1. The van der Waals surface area contributed by atoms with E-state index >= 15 is 0 Å². The second-order valence-electron chi connectivity index (χ2n) is 7.62. The minimum Gasteiger partial charge on any atom is -0.504 e. The molecule has 7 nitrogen and oxygen atoms in total. The molecule has 0 fully saturated rings. The van der Waals surface area contributed by atoms with Gasteiger partial charge in [0.05, 0.1) is 24.7 Å². The predicted molar refractivity (Wildman–Crippen MR) is 130 cm³/mol. The van der Waals surface area contributed by atoms with Gasteiger partial charge in [0, 0.05) is 12.5 Å². The van der Waals surface area contributed by atoms with Gasteiger partial charge in [-0.3, -0.25) is 0 Å². The summed E-state index contributed by atoms with van der Waals surface area (Å²) in [5, 5.41) is 9.65. The summed E-state index contributed by atoms with van der Waals surface area (Å²) in [4.78, 5) is 12.3. The number of hydrogen-bond acceptors (Lipinski definition) is 6. The number of carbonyl (C=O) groups is 1. The molecule has 0 amide bonds. The van der Waals surface area contributed by atoms with Gasteiger partial charge in [0.15, 0.2) is 11.5 Å². The highest BCUT2D eigenvalue weighted by Gasteiger charge is 2.21. The van der Waals surface area contributed by atoms with Crippen LogP contribution in [0.25, 0.3) is 6.08 Å². The van der Waals surface area contributed by atoms with E-state index in [4.69, 9.17) is 9.47 Å². The molecule has 3 aromatic rings. The number of sulfonamides is 1. The van der Waals surface area contributed by atoms with Crippen LogP contribution in [-0.4, -0.2) is 33.2 Å². The SMILES string of the molecule is COc1cc(C=CC(=O)OCCC(NS(=O)(=O)c2ccc(C)cc2)c2ccccc2)ccc1O. The fourth-order valence-corrected chi connectivity index (χ4v) is 4.50. The van der Waals surface area contributed by atoms with Crippen molar-refractivity contribution < 1.29 is 27.8 Å². The van der Waals surface area contributed by atoms with E-state index in [2.05, 4.69) is 4.72 Å². The average molecular weight is 482 g/mol. The Kier molecular flexibility index (Phi) is 8.45. The number of methoxy groups -OCH3 is 1. The summed E-state index contributed by atoms with van der Waals surface area (Å²) in [7, 11) is -2.33. The number of esters is 1. The monoisotopic (exact) mass is 481 g/mol. The highest BCUT2D eigenvalue weighted by atomic mass is 32.2. The Labute approximate surface area is 199 Å². The molecule has 3 aromatic carbocycles. The fraction of sp³-hybridized carbons (Fsp3) is 0.192. The van der Waals surface area contributed by atoms with Gasteiger partial charge < -0.3 is 14.6 Å². The highest BCUT2D eigenvalue weighted by Crippen LogP contribution is 2.26. The summed E-state index contributed by atoms with van der Waals surface area (Å²) in [6.07, 6.45) is 3.06. The van der Waals surface area contributed by atoms with Gasteiger partial charge in [0.2, 0.25) is 10.0 Å². The van der Waals surface area contributed by atoms with Crippen molar-refractivity contribution in [3.05, 3.63) is 95.6 Å². The van der Waals surface area contributed by atoms with E-state index in [0.29, 0.717) is 11.3 Å². The summed E-state index contributed by atoms with van der Waals surface area (Å²) < 4.78 is 38.9. The standard InChI is InChI=1S/C26H27NO6S/c1-19-8-12-22(13-9-19)34(30,31)27-23(21-6-4-3-5-7-21)16-17-33-26(29)15-11-20-10-14-24(28)25(18-20)32-2/h3-15,18,23,27-28H,16-17H2,1-2H3. The molecule has 0 bridgehead atoms. The molecule has 0 spiro atoms. The van der Waals surface area contributed by atoms with Crippen LogP contribution >= 0.6 is 0 Å². The summed E-state index contributed by atoms with van der Waals surface area (Å²) in [6, 6.07) is 19.8. The minimum absolute atomic E-state index is 0.00210. The molecule has 0 aliphatic rings. The number of ether oxygens (including phenoxy) is 2. The average Bonchev–Trinajstić information content (AvgIpc) is 2.83. The summed E-state index contributed by atoms with van der Waals surface area (Å²) in [5.41, 5.74) is 2.38. The molecular formula is C26H27NO6S. The maximum Gasteiger partial charge on any atom is 0.330 e. The van der Waals surface area contributed by atoms with Gasteiger partial charge >= 0.3 is 5.97 Å². The predicted octanol–water partition coefficient (Wildman–Crippen LogP) is 4.38. The van der Waals surface area contributed by atoms with Crippen molar-refractivity contribution >= 4 is 22.1 Å². The van der Waals surface area contributed by atoms with Crippen molar-refractivity contribution in [3.8, 4) is 11.5 Å². The Morgan fingerprint density at radius 3 is 2.44 bits per heavy atom. The van der Waals surface area contributed by atoms with Crippen molar-refractivity contribution in [2.75, 3.05) is 13.7 Å². The van der Waals surface area contributed by atoms with E-state index < -0.39 is 22.0 Å². The Balaban J connectivity index is 1.64. The number of aromatic hydroxyl groups is 1. The molecule has 0 aromatic heterocycles. The van der Waals surface area contributed by atoms with E-state index in [1.165, 1.54) is 19.3 Å². The Morgan fingerprint density at radius 2 is 1.76 bits per heavy atom. The summed E-state index contributed by atoms with van der Waals surface area (Å²) in [6.45, 7) is 1.90. The molecule has 0 saturated carbocycles. The van der Waals surface area contributed by atoms with Crippen LogP contribution in [0.3, 0.4) is 0 Å². The normalized spacial score (nSPS) is 12.4. The van der Waals surface area contributed by atoms with Crippen LogP contribution in [0.15, 0.2) is 83.8 Å². The zero-order chi connectivity index (χ0) is 24.6. The van der Waals surface area contributed by atoms with E-state index in [1.54, 1.807) is 42.5 Å². The Bertz CT molecular complexity index is 1240. The molecule has 1 unspecified atom stereocenters. The maximum absolute atomic E-state index is 12.9. The summed E-state index contributed by atoms with van der Waals surface area (Å²) >= 11 is 0. The third-order valence-electron chi connectivity index (χ3n) is 5.10. The molecule has 8 heteroatoms. The van der Waals surface area contributed by atoms with Crippen LogP contribution in [0, 0.1) is 6.92 Å². The zero-order valence-corrected chi connectivity index (χ0v) is 19.8. The first-order valence-electron chi connectivity index (χ1n) is 10.6. The molecule has 0 heterocycles. The van der Waals surface area contributed by atoms with E-state index in [9.17, 15) is 18.3 Å². The number of carbonyl (C=O) groups excluding carboxylic acids is 1. The largest absolute Gasteiger partial charge is 0.504 e. The van der Waals surface area contributed by atoms with E-state index in [-0.39, 0.29) is 23.7 Å². The van der Waals surface area contributed by atoms with Crippen LogP contribution in [0.5, 0.6) is 11.5 Å². The molecule has 0 aliphatic carbocycles. The number of aryl methyl sites for hydroxylation is 1. The van der Waals surface area contributed by atoms with Crippen molar-refractivity contribution in [2.45, 2.75) is 24.3 Å². The van der Waals surface area contributed by atoms with Crippen molar-refractivity contribution in [2.24, 2.45) is 0 Å². The Morgan fingerprint density at radius 1 is 1.06 bits per heavy atom. The molecule has 0 saturated heterocycles. The number of phenols is 1. The lowest BCUT2D eigenvalue weighted by Crippen LogP contribution is -2.29. The van der Waals surface area contributed by atoms with Crippen molar-refractivity contribution in [3.63, 3.8) is 0 Å². The zero-order valence-electron chi connectivity index (χ0n) is 19.0. The third-order valence-corrected chi connectivity index (χ3v) is 6.58. The molecule has 178 valence electrons. The van der Waals surface area contributed by atoms with Gasteiger partial charge in [-0.15, -0.1) is 0 Å². The maximum atomic E-state index is 12.9. The summed E-state index contributed by atoms with van der Waals surface area (Å²) in [5.74, 6) is -0.274. The van der Waals surface area contributed by atoms with Crippen LogP contribution in [0.2, 0.25) is 0 Å². The molecule has 34 heavy (non-hydrogen) atoms. The van der Waals surface area contributed by atoms with Gasteiger partial charge in [-0.1, -0.05) is 54.1 Å². The molecular weight excluding hydrogens is 454 g/mol. The fourth-order valence-electron chi connectivity index (χ4n) is 3.24. The first-order chi connectivity index (χ1) is 16.3. The van der Waals surface area contributed by atoms with Crippen LogP contribution in [0.1, 0.15) is 29.2 Å². The van der Waals surface area contributed by atoms with E-state index in [1.807, 2.05) is 37.3 Å². The number of benzene rings is 3. The van der Waals surface area contributed by atoms with Gasteiger partial charge in [0.1, 0.15) is 0 Å². The first-order valence-corrected chi connectivity index (χ1v) is 12.1. The number of nitrogens with one attached hydrogen (secondary N) is 1. The van der Waals surface area contributed by atoms with Gasteiger partial charge in [0.25, 0.3) is 0 Å². The third kappa shape index (κ3) is 6.94. The molecule has 1 atom stereocenters. The van der Waals surface area contributed by atoms with Crippen LogP contribution in [-0.2, 0) is 19.6 Å². The lowest BCUT2D eigenvalue weighted by Gasteiger charge is -2.19. The van der Waals surface area contributed by atoms with Gasteiger partial charge in [-0.2, -0.15) is 0 Å². The first kappa shape index (κ1) is 25.0. The van der Waals surface area contributed by atoms with Crippen LogP contribution in [0.4, 0.5) is 0 Å². The second-order valence-corrected chi connectivity index (χ2v) is 9.33. The number of phenolic OH excluding ortho intramolecular Hbond substituents is 1. The number of rotatable bonds is 10. The van der Waals surface area contributed by atoms with Crippen molar-refractivity contribution in [1.82, 2.24) is 4.72 Å². The quantitative estimate of drug-likeness (QED) is 0.329. The highest BCUT2D eigenvalue weighted by molar-refractivity contribution is 7.89. The topological polar surface area (TPSA) is 102 Å². The number of hydrogen-bond donors (Lipinski definition) is 2. The minimum atomic E-state index is -3.77. The smallest absolute Gasteiger partial charge is 0.330 e. The lowest BCUT2D eigenvalue weighted by molar-refractivity contribution is -0.137. The van der Waals surface area contributed by atoms with Gasteiger partial charge in [-0.25, -0.2) is 17.9 Å².